The van der Waals surface area contributed by atoms with E-state index in [-0.39, 0.29) is 44.4 Å². The first-order valence-electron chi connectivity index (χ1n) is 8.17. The van der Waals surface area contributed by atoms with Crippen LogP contribution in [0.5, 0.6) is 0 Å². The third kappa shape index (κ3) is 4.07. The van der Waals surface area contributed by atoms with Gasteiger partial charge in [-0.25, -0.2) is 19.7 Å². The number of rotatable bonds is 7. The summed E-state index contributed by atoms with van der Waals surface area (Å²) < 4.78 is 56.5. The number of halogens is 6. The van der Waals surface area contributed by atoms with Gasteiger partial charge in [-0.15, -0.1) is 0 Å². The topological polar surface area (TPSA) is 78.8 Å². The summed E-state index contributed by atoms with van der Waals surface area (Å²) in [4.78, 5) is 7.81. The van der Waals surface area contributed by atoms with Crippen LogP contribution in [0.3, 0.4) is 0 Å². The van der Waals surface area contributed by atoms with Gasteiger partial charge in [-0.2, -0.15) is 19.6 Å². The number of alkyl halides is 1. The Hall–Kier alpha value is -2.25. The largest absolute Gasteiger partial charge is 0.255 e. The van der Waals surface area contributed by atoms with Crippen LogP contribution in [-0.2, 0) is 0 Å². The van der Waals surface area contributed by atoms with Gasteiger partial charge in [-0.3, -0.25) is 0 Å². The smallest absolute Gasteiger partial charge is 0.246 e. The summed E-state index contributed by atoms with van der Waals surface area (Å²) in [5.41, 5.74) is -1.88. The normalized spacial score (nSPS) is 12.9. The van der Waals surface area contributed by atoms with Crippen molar-refractivity contribution >= 4 is 34.8 Å². The number of nitrogens with zero attached hydrogens (tertiary/aromatic N) is 7. The SMILES string of the molecule is CCC(F)CN(N(F)F)N(N)c1c(-c2c(F)cccc2Cl)c(Cl)nc2ncnn12. The number of hydrogen-bond donors (Lipinski definition) is 1. The van der Waals surface area contributed by atoms with Crippen molar-refractivity contribution in [2.24, 2.45) is 5.84 Å². The molecule has 0 spiro atoms. The molecular weight excluding hydrogens is 439 g/mol. The molecule has 8 nitrogen and oxygen atoms in total. The van der Waals surface area contributed by atoms with Crippen molar-refractivity contribution in [2.45, 2.75) is 19.5 Å². The summed E-state index contributed by atoms with van der Waals surface area (Å²) >= 11 is 12.3. The highest BCUT2D eigenvalue weighted by molar-refractivity contribution is 6.36. The fraction of sp³-hybridized carbons (Fsp3) is 0.267. The van der Waals surface area contributed by atoms with Gasteiger partial charge in [-0.1, -0.05) is 50.3 Å². The Balaban J connectivity index is 2.29. The van der Waals surface area contributed by atoms with Crippen LogP contribution in [0.25, 0.3) is 16.9 Å². The quantitative estimate of drug-likeness (QED) is 0.191. The van der Waals surface area contributed by atoms with Gasteiger partial charge in [0, 0.05) is 5.56 Å². The Morgan fingerprint density at radius 1 is 1.24 bits per heavy atom. The number of hydrazine groups is 3. The predicted octanol–water partition coefficient (Wildman–Crippen LogP) is 3.87. The molecule has 3 rings (SSSR count). The number of nitrogens with two attached hydrogens (primary N) is 1. The van der Waals surface area contributed by atoms with Crippen molar-refractivity contribution in [1.82, 2.24) is 30.2 Å². The Kier molecular flexibility index (Phi) is 6.39. The second kappa shape index (κ2) is 8.63. The van der Waals surface area contributed by atoms with Gasteiger partial charge >= 0.3 is 0 Å². The lowest BCUT2D eigenvalue weighted by atomic mass is 10.1. The molecule has 0 radical (unpaired) electrons. The molecule has 0 saturated heterocycles. The van der Waals surface area contributed by atoms with Crippen LogP contribution in [0, 0.1) is 5.82 Å². The van der Waals surface area contributed by atoms with Gasteiger partial charge in [0.25, 0.3) is 5.78 Å². The molecule has 0 aliphatic carbocycles. The average Bonchev–Trinajstić information content (AvgIpc) is 3.12. The minimum atomic E-state index is -1.64. The first-order chi connectivity index (χ1) is 13.8. The molecule has 1 unspecified atom stereocenters. The molecule has 0 fully saturated rings. The van der Waals surface area contributed by atoms with E-state index in [9.17, 15) is 17.7 Å². The standard InChI is InChI=1S/C15H14Cl2F4N8/c1-2-8(18)6-26(29(20)21)28(22)14-12(11-9(16)4-3-5-10(11)19)13(17)25-15-23-7-24-27(14)15/h3-5,7-8H,2,6,22H2,1H3. The molecule has 14 heteroatoms. The summed E-state index contributed by atoms with van der Waals surface area (Å²) in [6.45, 7) is 0.675. The number of fused-ring (bicyclic) bond motifs is 1. The maximum atomic E-state index is 14.6. The molecule has 2 N–H and O–H groups in total. The van der Waals surface area contributed by atoms with Gasteiger partial charge < -0.3 is 0 Å². The molecule has 0 amide bonds. The van der Waals surface area contributed by atoms with E-state index in [1.54, 1.807) is 0 Å². The summed E-state index contributed by atoms with van der Waals surface area (Å²) in [6.07, 6.45) is -0.612. The van der Waals surface area contributed by atoms with E-state index in [0.717, 1.165) is 16.9 Å². The fourth-order valence-electron chi connectivity index (χ4n) is 2.60. The molecule has 2 aromatic heterocycles. The zero-order valence-corrected chi connectivity index (χ0v) is 16.3. The maximum absolute atomic E-state index is 14.6. The zero-order valence-electron chi connectivity index (χ0n) is 14.8. The Bertz CT molecular complexity index is 997. The first-order valence-corrected chi connectivity index (χ1v) is 8.93. The Morgan fingerprint density at radius 3 is 2.59 bits per heavy atom. The number of aromatic nitrogens is 4. The molecule has 0 bridgehead atoms. The van der Waals surface area contributed by atoms with E-state index >= 15 is 0 Å². The molecule has 3 aromatic rings. The molecule has 2 heterocycles. The van der Waals surface area contributed by atoms with Crippen molar-refractivity contribution in [1.29, 1.82) is 0 Å². The maximum Gasteiger partial charge on any atom is 0.255 e. The monoisotopic (exact) mass is 452 g/mol. The molecule has 156 valence electrons. The van der Waals surface area contributed by atoms with Gasteiger partial charge in [0.1, 0.15) is 28.9 Å². The van der Waals surface area contributed by atoms with Crippen molar-refractivity contribution in [3.05, 3.63) is 40.5 Å². The third-order valence-corrected chi connectivity index (χ3v) is 4.60. The van der Waals surface area contributed by atoms with E-state index in [2.05, 4.69) is 15.1 Å². The van der Waals surface area contributed by atoms with Crippen LogP contribution in [0.15, 0.2) is 24.5 Å². The van der Waals surface area contributed by atoms with Gasteiger partial charge in [0.15, 0.2) is 5.82 Å². The highest BCUT2D eigenvalue weighted by Crippen LogP contribution is 2.41. The van der Waals surface area contributed by atoms with Gasteiger partial charge in [-0.05, 0) is 18.6 Å². The molecular formula is C15H14Cl2F4N8. The average molecular weight is 453 g/mol. The van der Waals surface area contributed by atoms with E-state index < -0.39 is 24.0 Å². The summed E-state index contributed by atoms with van der Waals surface area (Å²) in [7, 11) is 0. The molecule has 29 heavy (non-hydrogen) atoms. The lowest BCUT2D eigenvalue weighted by molar-refractivity contribution is -0.309. The lowest BCUT2D eigenvalue weighted by Gasteiger charge is -2.33. The first kappa shape index (κ1) is 21.5. The van der Waals surface area contributed by atoms with Crippen LogP contribution in [0.4, 0.5) is 23.6 Å². The Morgan fingerprint density at radius 2 is 1.97 bits per heavy atom. The molecule has 0 saturated carbocycles. The highest BCUT2D eigenvalue weighted by Gasteiger charge is 2.32. The number of hydrogen-bond acceptors (Lipinski definition) is 7. The van der Waals surface area contributed by atoms with Crippen LogP contribution in [-0.4, -0.2) is 42.9 Å². The predicted molar refractivity (Wildman–Crippen MR) is 98.8 cm³/mol. The second-order valence-electron chi connectivity index (χ2n) is 5.79. The van der Waals surface area contributed by atoms with Crippen LogP contribution < -0.4 is 11.0 Å². The molecule has 1 aromatic carbocycles. The fourth-order valence-corrected chi connectivity index (χ4v) is 3.12. The minimum Gasteiger partial charge on any atom is -0.246 e. The molecule has 0 aliphatic rings. The Labute approximate surface area is 171 Å². The highest BCUT2D eigenvalue weighted by atomic mass is 35.5. The minimum absolute atomic E-state index is 0.0417. The van der Waals surface area contributed by atoms with Crippen molar-refractivity contribution in [3.63, 3.8) is 0 Å². The van der Waals surface area contributed by atoms with Gasteiger partial charge in [0.05, 0.1) is 17.1 Å². The van der Waals surface area contributed by atoms with Crippen LogP contribution in [0.1, 0.15) is 13.3 Å². The van der Waals surface area contributed by atoms with E-state index in [1.165, 1.54) is 19.1 Å². The van der Waals surface area contributed by atoms with E-state index in [4.69, 9.17) is 29.0 Å². The van der Waals surface area contributed by atoms with Crippen molar-refractivity contribution in [2.75, 3.05) is 11.7 Å². The molecule has 0 aliphatic heterocycles. The lowest BCUT2D eigenvalue weighted by Crippen LogP contribution is -2.55. The summed E-state index contributed by atoms with van der Waals surface area (Å²) in [6, 6.07) is 3.81. The number of anilines is 1. The summed E-state index contributed by atoms with van der Waals surface area (Å²) in [5.74, 6) is 4.64. The summed E-state index contributed by atoms with van der Waals surface area (Å²) in [5, 5.41) is 3.96. The van der Waals surface area contributed by atoms with E-state index in [0.29, 0.717) is 5.12 Å². The zero-order chi connectivity index (χ0) is 21.3. The van der Waals surface area contributed by atoms with Crippen LogP contribution >= 0.6 is 23.2 Å². The van der Waals surface area contributed by atoms with Gasteiger partial charge in [0.2, 0.25) is 0 Å². The van der Waals surface area contributed by atoms with Crippen molar-refractivity contribution < 1.29 is 17.7 Å². The third-order valence-electron chi connectivity index (χ3n) is 4.02. The van der Waals surface area contributed by atoms with Crippen LogP contribution in [0.2, 0.25) is 10.2 Å². The second-order valence-corrected chi connectivity index (χ2v) is 6.55. The number of benzene rings is 1. The molecule has 1 atom stereocenters. The van der Waals surface area contributed by atoms with E-state index in [1.807, 2.05) is 0 Å². The van der Waals surface area contributed by atoms with Crippen molar-refractivity contribution in [3.8, 4) is 11.1 Å².